The van der Waals surface area contributed by atoms with Crippen molar-refractivity contribution in [1.29, 1.82) is 0 Å². The van der Waals surface area contributed by atoms with Gasteiger partial charge in [-0.2, -0.15) is 5.10 Å². The molecule has 0 radical (unpaired) electrons. The van der Waals surface area contributed by atoms with Gasteiger partial charge in [-0.25, -0.2) is 0 Å². The van der Waals surface area contributed by atoms with E-state index in [0.717, 1.165) is 32.1 Å². The zero-order valence-corrected chi connectivity index (χ0v) is 13.9. The van der Waals surface area contributed by atoms with Crippen molar-refractivity contribution < 1.29 is 14.3 Å². The van der Waals surface area contributed by atoms with Crippen LogP contribution >= 0.6 is 0 Å². The minimum absolute atomic E-state index is 0.0275. The molecule has 1 aromatic heterocycles. The van der Waals surface area contributed by atoms with Crippen molar-refractivity contribution in [1.82, 2.24) is 15.1 Å². The summed E-state index contributed by atoms with van der Waals surface area (Å²) in [5, 5.41) is 9.84. The van der Waals surface area contributed by atoms with Crippen LogP contribution in [0.3, 0.4) is 0 Å². The van der Waals surface area contributed by atoms with Crippen molar-refractivity contribution in [3.63, 3.8) is 0 Å². The second kappa shape index (κ2) is 8.67. The van der Waals surface area contributed by atoms with Crippen LogP contribution in [-0.4, -0.2) is 41.9 Å². The third-order valence-corrected chi connectivity index (χ3v) is 4.15. The number of ether oxygens (including phenoxy) is 1. The predicted octanol–water partition coefficient (Wildman–Crippen LogP) is 1.71. The molecule has 1 aliphatic rings. The van der Waals surface area contributed by atoms with E-state index in [1.807, 2.05) is 0 Å². The summed E-state index contributed by atoms with van der Waals surface area (Å²) in [6.07, 6.45) is 6.06. The molecule has 1 fully saturated rings. The SMILES string of the molecule is COCCCNC(=O)c1cc(NC(=O)C2CCCCC2)n(C)n1. The number of amides is 2. The van der Waals surface area contributed by atoms with E-state index in [-0.39, 0.29) is 17.7 Å². The Labute approximate surface area is 136 Å². The summed E-state index contributed by atoms with van der Waals surface area (Å²) >= 11 is 0. The van der Waals surface area contributed by atoms with E-state index < -0.39 is 0 Å². The van der Waals surface area contributed by atoms with Gasteiger partial charge in [-0.3, -0.25) is 14.3 Å². The molecule has 0 bridgehead atoms. The topological polar surface area (TPSA) is 85.3 Å². The zero-order valence-electron chi connectivity index (χ0n) is 13.9. The first kappa shape index (κ1) is 17.5. The molecule has 0 unspecified atom stereocenters. The van der Waals surface area contributed by atoms with E-state index in [4.69, 9.17) is 4.74 Å². The van der Waals surface area contributed by atoms with Gasteiger partial charge in [0, 0.05) is 39.3 Å². The third kappa shape index (κ3) is 5.06. The Morgan fingerprint density at radius 1 is 1.35 bits per heavy atom. The minimum Gasteiger partial charge on any atom is -0.385 e. The average molecular weight is 322 g/mol. The maximum Gasteiger partial charge on any atom is 0.271 e. The number of anilines is 1. The van der Waals surface area contributed by atoms with Crippen molar-refractivity contribution in [2.45, 2.75) is 38.5 Å². The number of nitrogens with one attached hydrogen (secondary N) is 2. The molecule has 23 heavy (non-hydrogen) atoms. The molecule has 0 atom stereocenters. The molecular formula is C16H26N4O3. The second-order valence-electron chi connectivity index (χ2n) is 5.96. The highest BCUT2D eigenvalue weighted by Gasteiger charge is 2.22. The first-order chi connectivity index (χ1) is 11.1. The Morgan fingerprint density at radius 3 is 2.78 bits per heavy atom. The van der Waals surface area contributed by atoms with Crippen LogP contribution in [0.2, 0.25) is 0 Å². The van der Waals surface area contributed by atoms with Gasteiger partial charge in [0.2, 0.25) is 5.91 Å². The number of hydrogen-bond donors (Lipinski definition) is 2. The van der Waals surface area contributed by atoms with Gasteiger partial charge < -0.3 is 15.4 Å². The van der Waals surface area contributed by atoms with Gasteiger partial charge in [0.15, 0.2) is 5.69 Å². The number of hydrogen-bond acceptors (Lipinski definition) is 4. The molecule has 0 aromatic carbocycles. The van der Waals surface area contributed by atoms with Crippen molar-refractivity contribution in [2.75, 3.05) is 25.6 Å². The Balaban J connectivity index is 1.89. The highest BCUT2D eigenvalue weighted by molar-refractivity contribution is 5.96. The molecular weight excluding hydrogens is 296 g/mol. The molecule has 128 valence electrons. The number of methoxy groups -OCH3 is 1. The number of carbonyl (C=O) groups is 2. The monoisotopic (exact) mass is 322 g/mol. The fraction of sp³-hybridized carbons (Fsp3) is 0.688. The number of aryl methyl sites for hydroxylation is 1. The molecule has 1 saturated carbocycles. The Hall–Kier alpha value is -1.89. The molecule has 0 spiro atoms. The number of rotatable bonds is 7. The standard InChI is InChI=1S/C16H26N4O3/c1-20-14(18-15(21)12-7-4-3-5-8-12)11-13(19-20)16(22)17-9-6-10-23-2/h11-12H,3-10H2,1-2H3,(H,17,22)(H,18,21). The molecule has 1 aliphatic carbocycles. The Bertz CT molecular complexity index is 535. The Morgan fingerprint density at radius 2 is 2.09 bits per heavy atom. The van der Waals surface area contributed by atoms with Gasteiger partial charge in [0.25, 0.3) is 5.91 Å². The highest BCUT2D eigenvalue weighted by Crippen LogP contribution is 2.25. The maximum atomic E-state index is 12.3. The Kier molecular flexibility index (Phi) is 6.58. The van der Waals surface area contributed by atoms with E-state index in [1.54, 1.807) is 20.2 Å². The first-order valence-electron chi connectivity index (χ1n) is 8.24. The molecule has 2 rings (SSSR count). The molecule has 1 aromatic rings. The lowest BCUT2D eigenvalue weighted by Gasteiger charge is -2.20. The number of aromatic nitrogens is 2. The molecule has 0 aliphatic heterocycles. The molecule has 1 heterocycles. The van der Waals surface area contributed by atoms with Crippen molar-refractivity contribution >= 4 is 17.6 Å². The maximum absolute atomic E-state index is 12.3. The fourth-order valence-corrected chi connectivity index (χ4v) is 2.80. The molecule has 7 heteroatoms. The molecule has 0 saturated heterocycles. The second-order valence-corrected chi connectivity index (χ2v) is 5.96. The lowest BCUT2D eigenvalue weighted by Crippen LogP contribution is -2.25. The summed E-state index contributed by atoms with van der Waals surface area (Å²) in [4.78, 5) is 24.3. The van der Waals surface area contributed by atoms with Gasteiger partial charge in [-0.15, -0.1) is 0 Å². The van der Waals surface area contributed by atoms with E-state index in [1.165, 1.54) is 11.1 Å². The van der Waals surface area contributed by atoms with Crippen LogP contribution in [0, 0.1) is 5.92 Å². The van der Waals surface area contributed by atoms with Crippen LogP contribution in [0.15, 0.2) is 6.07 Å². The van der Waals surface area contributed by atoms with E-state index in [0.29, 0.717) is 24.7 Å². The van der Waals surface area contributed by atoms with Crippen LogP contribution in [0.1, 0.15) is 49.0 Å². The molecule has 2 amide bonds. The van der Waals surface area contributed by atoms with Crippen molar-refractivity contribution in [3.8, 4) is 0 Å². The zero-order chi connectivity index (χ0) is 16.7. The third-order valence-electron chi connectivity index (χ3n) is 4.15. The summed E-state index contributed by atoms with van der Waals surface area (Å²) in [6.45, 7) is 1.14. The van der Waals surface area contributed by atoms with E-state index in [2.05, 4.69) is 15.7 Å². The van der Waals surface area contributed by atoms with Gasteiger partial charge >= 0.3 is 0 Å². The van der Waals surface area contributed by atoms with Crippen LogP contribution in [-0.2, 0) is 16.6 Å². The molecule has 7 nitrogen and oxygen atoms in total. The highest BCUT2D eigenvalue weighted by atomic mass is 16.5. The first-order valence-corrected chi connectivity index (χ1v) is 8.24. The van der Waals surface area contributed by atoms with Crippen LogP contribution in [0.5, 0.6) is 0 Å². The lowest BCUT2D eigenvalue weighted by atomic mass is 9.89. The summed E-state index contributed by atoms with van der Waals surface area (Å²) in [5.41, 5.74) is 0.309. The fourth-order valence-electron chi connectivity index (χ4n) is 2.80. The van der Waals surface area contributed by atoms with Crippen LogP contribution < -0.4 is 10.6 Å². The van der Waals surface area contributed by atoms with Gasteiger partial charge in [-0.1, -0.05) is 19.3 Å². The van der Waals surface area contributed by atoms with Gasteiger partial charge in [0.1, 0.15) is 5.82 Å². The quantitative estimate of drug-likeness (QED) is 0.748. The number of nitrogens with zero attached hydrogens (tertiary/aromatic N) is 2. The summed E-state index contributed by atoms with van der Waals surface area (Å²) in [5.74, 6) is 0.419. The van der Waals surface area contributed by atoms with Crippen LogP contribution in [0.25, 0.3) is 0 Å². The van der Waals surface area contributed by atoms with Crippen molar-refractivity contribution in [3.05, 3.63) is 11.8 Å². The number of carbonyl (C=O) groups excluding carboxylic acids is 2. The largest absolute Gasteiger partial charge is 0.385 e. The smallest absolute Gasteiger partial charge is 0.271 e. The average Bonchev–Trinajstić information content (AvgIpc) is 2.93. The molecule has 2 N–H and O–H groups in total. The van der Waals surface area contributed by atoms with Crippen molar-refractivity contribution in [2.24, 2.45) is 13.0 Å². The normalized spacial score (nSPS) is 15.4. The summed E-state index contributed by atoms with van der Waals surface area (Å²) in [6, 6.07) is 1.62. The summed E-state index contributed by atoms with van der Waals surface area (Å²) < 4.78 is 6.47. The summed E-state index contributed by atoms with van der Waals surface area (Å²) in [7, 11) is 3.35. The lowest BCUT2D eigenvalue weighted by molar-refractivity contribution is -0.120. The van der Waals surface area contributed by atoms with Gasteiger partial charge in [-0.05, 0) is 19.3 Å². The van der Waals surface area contributed by atoms with E-state index in [9.17, 15) is 9.59 Å². The van der Waals surface area contributed by atoms with E-state index >= 15 is 0 Å². The van der Waals surface area contributed by atoms with Crippen LogP contribution in [0.4, 0.5) is 5.82 Å². The van der Waals surface area contributed by atoms with Gasteiger partial charge in [0.05, 0.1) is 0 Å². The minimum atomic E-state index is -0.241. The predicted molar refractivity (Wildman–Crippen MR) is 87.2 cm³/mol.